The van der Waals surface area contributed by atoms with Crippen molar-refractivity contribution >= 4 is 17.5 Å². The summed E-state index contributed by atoms with van der Waals surface area (Å²) >= 11 is 6.22. The third-order valence-corrected chi connectivity index (χ3v) is 6.59. The quantitative estimate of drug-likeness (QED) is 0.828. The number of carbonyl (C=O) groups is 1. The van der Waals surface area contributed by atoms with Crippen molar-refractivity contribution in [2.75, 3.05) is 0 Å². The smallest absolute Gasteiger partial charge is 0.253 e. The van der Waals surface area contributed by atoms with E-state index in [1.807, 2.05) is 18.2 Å². The van der Waals surface area contributed by atoms with Gasteiger partial charge in [-0.15, -0.1) is 0 Å². The normalized spacial score (nSPS) is 26.6. The Morgan fingerprint density at radius 2 is 1.86 bits per heavy atom. The zero-order valence-electron chi connectivity index (χ0n) is 15.8. The summed E-state index contributed by atoms with van der Waals surface area (Å²) < 4.78 is 1.54. The van der Waals surface area contributed by atoms with Crippen LogP contribution in [0, 0.1) is 11.8 Å². The Balaban J connectivity index is 1.52. The minimum absolute atomic E-state index is 0.120. The van der Waals surface area contributed by atoms with E-state index in [1.54, 1.807) is 18.3 Å². The second-order valence-electron chi connectivity index (χ2n) is 8.16. The highest BCUT2D eigenvalue weighted by Gasteiger charge is 2.40. The van der Waals surface area contributed by atoms with Crippen molar-refractivity contribution in [3.05, 3.63) is 69.1 Å². The molecule has 2 unspecified atom stereocenters. The Labute approximate surface area is 169 Å². The molecular formula is C22H26ClN3O2. The topological polar surface area (TPSA) is 77.1 Å². The van der Waals surface area contributed by atoms with Crippen LogP contribution < -0.4 is 16.6 Å². The third kappa shape index (κ3) is 4.01. The molecule has 2 bridgehead atoms. The molecule has 0 aliphatic heterocycles. The minimum atomic E-state index is -0.156. The molecule has 2 atom stereocenters. The molecule has 3 N–H and O–H groups in total. The summed E-state index contributed by atoms with van der Waals surface area (Å²) in [5.41, 5.74) is 7.38. The molecule has 2 aliphatic carbocycles. The van der Waals surface area contributed by atoms with E-state index < -0.39 is 0 Å². The number of halogens is 1. The first kappa shape index (κ1) is 19.2. The van der Waals surface area contributed by atoms with Crippen LogP contribution in [0.2, 0.25) is 5.02 Å². The number of amides is 1. The van der Waals surface area contributed by atoms with E-state index in [4.69, 9.17) is 17.3 Å². The monoisotopic (exact) mass is 399 g/mol. The molecule has 2 aromatic rings. The first-order chi connectivity index (χ1) is 13.5. The van der Waals surface area contributed by atoms with Crippen molar-refractivity contribution in [2.24, 2.45) is 17.6 Å². The van der Waals surface area contributed by atoms with Gasteiger partial charge in [0.2, 0.25) is 0 Å². The van der Waals surface area contributed by atoms with Gasteiger partial charge in [0.15, 0.2) is 0 Å². The molecule has 1 aromatic heterocycles. The number of carbonyl (C=O) groups excluding carboxylic acids is 1. The van der Waals surface area contributed by atoms with Crippen LogP contribution in [0.25, 0.3) is 0 Å². The van der Waals surface area contributed by atoms with Crippen molar-refractivity contribution in [2.45, 2.75) is 50.7 Å². The van der Waals surface area contributed by atoms with Crippen LogP contribution >= 0.6 is 11.6 Å². The lowest BCUT2D eigenvalue weighted by atomic mass is 9.67. The summed E-state index contributed by atoms with van der Waals surface area (Å²) in [7, 11) is 0. The summed E-state index contributed by atoms with van der Waals surface area (Å²) in [6.07, 6.45) is 7.06. The molecule has 2 aliphatic rings. The Kier molecular flexibility index (Phi) is 5.56. The fourth-order valence-corrected chi connectivity index (χ4v) is 5.05. The number of hydrogen-bond donors (Lipinski definition) is 2. The molecule has 2 saturated carbocycles. The fourth-order valence-electron chi connectivity index (χ4n) is 4.86. The maximum absolute atomic E-state index is 12.9. The van der Waals surface area contributed by atoms with Crippen molar-refractivity contribution in [1.82, 2.24) is 9.88 Å². The van der Waals surface area contributed by atoms with Gasteiger partial charge in [0.1, 0.15) is 0 Å². The maximum atomic E-state index is 12.9. The van der Waals surface area contributed by atoms with E-state index in [1.165, 1.54) is 17.1 Å². The lowest BCUT2D eigenvalue weighted by molar-refractivity contribution is 0.0755. The number of fused-ring (bicyclic) bond motifs is 2. The van der Waals surface area contributed by atoms with Gasteiger partial charge in [-0.25, -0.2) is 0 Å². The summed E-state index contributed by atoms with van der Waals surface area (Å²) in [6.45, 7) is 0.336. The molecule has 148 valence electrons. The summed E-state index contributed by atoms with van der Waals surface area (Å²) in [5, 5.41) is 3.85. The minimum Gasteiger partial charge on any atom is -0.349 e. The molecule has 0 radical (unpaired) electrons. The molecular weight excluding hydrogens is 374 g/mol. The molecule has 0 saturated heterocycles. The first-order valence-corrected chi connectivity index (χ1v) is 10.4. The molecule has 28 heavy (non-hydrogen) atoms. The number of benzene rings is 1. The van der Waals surface area contributed by atoms with Crippen molar-refractivity contribution < 1.29 is 4.79 Å². The zero-order valence-corrected chi connectivity index (χ0v) is 16.6. The van der Waals surface area contributed by atoms with Crippen LogP contribution in [0.4, 0.5) is 0 Å². The number of pyridine rings is 1. The Morgan fingerprint density at radius 1 is 1.14 bits per heavy atom. The van der Waals surface area contributed by atoms with Gasteiger partial charge in [-0.1, -0.05) is 36.2 Å². The predicted molar refractivity (Wildman–Crippen MR) is 111 cm³/mol. The largest absolute Gasteiger partial charge is 0.349 e. The molecule has 5 nitrogen and oxygen atoms in total. The van der Waals surface area contributed by atoms with Crippen molar-refractivity contribution in [3.63, 3.8) is 0 Å². The predicted octanol–water partition coefficient (Wildman–Crippen LogP) is 3.19. The number of nitrogens with two attached hydrogens (primary N) is 1. The van der Waals surface area contributed by atoms with Gasteiger partial charge < -0.3 is 15.6 Å². The number of rotatable bonds is 4. The molecule has 1 aromatic carbocycles. The Morgan fingerprint density at radius 3 is 2.57 bits per heavy atom. The van der Waals surface area contributed by atoms with Crippen LogP contribution in [-0.2, 0) is 6.54 Å². The number of nitrogens with one attached hydrogen (secondary N) is 1. The fraction of sp³-hybridized carbons (Fsp3) is 0.455. The zero-order chi connectivity index (χ0) is 19.7. The van der Waals surface area contributed by atoms with Crippen LogP contribution in [0.15, 0.2) is 47.4 Å². The van der Waals surface area contributed by atoms with Crippen LogP contribution in [0.3, 0.4) is 0 Å². The lowest BCUT2D eigenvalue weighted by Gasteiger charge is -2.45. The first-order valence-electron chi connectivity index (χ1n) is 10.0. The van der Waals surface area contributed by atoms with Crippen molar-refractivity contribution in [3.8, 4) is 0 Å². The molecule has 0 spiro atoms. The van der Waals surface area contributed by atoms with Crippen LogP contribution in [-0.4, -0.2) is 22.6 Å². The molecule has 1 heterocycles. The van der Waals surface area contributed by atoms with E-state index in [-0.39, 0.29) is 23.6 Å². The average molecular weight is 400 g/mol. The summed E-state index contributed by atoms with van der Waals surface area (Å²) in [5.74, 6) is 0.797. The SMILES string of the molecule is NC1CC2CCCC(C1)C2NC(=O)c1ccc(=O)n(Cc2ccccc2Cl)c1. The van der Waals surface area contributed by atoms with E-state index in [0.717, 1.165) is 31.2 Å². The second kappa shape index (κ2) is 8.10. The average Bonchev–Trinajstić information content (AvgIpc) is 2.66. The van der Waals surface area contributed by atoms with Crippen LogP contribution in [0.5, 0.6) is 0 Å². The molecule has 4 rings (SSSR count). The molecule has 6 heteroatoms. The van der Waals surface area contributed by atoms with Gasteiger partial charge in [-0.2, -0.15) is 0 Å². The van der Waals surface area contributed by atoms with E-state index in [0.29, 0.717) is 29.0 Å². The van der Waals surface area contributed by atoms with E-state index in [9.17, 15) is 9.59 Å². The summed E-state index contributed by atoms with van der Waals surface area (Å²) in [4.78, 5) is 25.2. The molecule has 2 fully saturated rings. The third-order valence-electron chi connectivity index (χ3n) is 6.22. The molecule has 1 amide bonds. The van der Waals surface area contributed by atoms with Gasteiger partial charge >= 0.3 is 0 Å². The lowest BCUT2D eigenvalue weighted by Crippen LogP contribution is -2.53. The number of aromatic nitrogens is 1. The van der Waals surface area contributed by atoms with E-state index >= 15 is 0 Å². The maximum Gasteiger partial charge on any atom is 0.253 e. The van der Waals surface area contributed by atoms with Gasteiger partial charge in [-0.05, 0) is 55.2 Å². The Bertz CT molecular complexity index is 912. The van der Waals surface area contributed by atoms with E-state index in [2.05, 4.69) is 5.32 Å². The summed E-state index contributed by atoms with van der Waals surface area (Å²) in [6, 6.07) is 10.9. The number of nitrogens with zero attached hydrogens (tertiary/aromatic N) is 1. The van der Waals surface area contributed by atoms with Gasteiger partial charge in [0.25, 0.3) is 11.5 Å². The number of hydrogen-bond acceptors (Lipinski definition) is 3. The standard InChI is InChI=1S/C22H26ClN3O2/c23-19-7-2-1-4-16(19)12-26-13-17(8-9-20(26)27)22(28)25-21-14-5-3-6-15(21)11-18(24)10-14/h1-2,4,7-9,13-15,18,21H,3,5-6,10-12,24H2,(H,25,28). The second-order valence-corrected chi connectivity index (χ2v) is 8.56. The highest BCUT2D eigenvalue weighted by Crippen LogP contribution is 2.39. The van der Waals surface area contributed by atoms with Crippen molar-refractivity contribution in [1.29, 1.82) is 0 Å². The highest BCUT2D eigenvalue weighted by atomic mass is 35.5. The highest BCUT2D eigenvalue weighted by molar-refractivity contribution is 6.31. The van der Waals surface area contributed by atoms with Gasteiger partial charge in [-0.3, -0.25) is 9.59 Å². The Hall–Kier alpha value is -2.11. The van der Waals surface area contributed by atoms with Crippen LogP contribution in [0.1, 0.15) is 48.0 Å². The van der Waals surface area contributed by atoms with Gasteiger partial charge in [0, 0.05) is 29.4 Å². The van der Waals surface area contributed by atoms with Gasteiger partial charge in [0.05, 0.1) is 12.1 Å².